The quantitative estimate of drug-likeness (QED) is 0.590. The van der Waals surface area contributed by atoms with E-state index in [4.69, 9.17) is 4.98 Å². The van der Waals surface area contributed by atoms with Crippen LogP contribution in [0.2, 0.25) is 0 Å². The molecule has 5 rings (SSSR count). The number of rotatable bonds is 5. The molecule has 1 fully saturated rings. The van der Waals surface area contributed by atoms with Gasteiger partial charge in [-0.3, -0.25) is 4.98 Å². The Morgan fingerprint density at radius 2 is 1.94 bits per heavy atom. The lowest BCUT2D eigenvalue weighted by Crippen LogP contribution is -2.28. The first-order chi connectivity index (χ1) is 15.7. The average Bonchev–Trinajstić information content (AvgIpc) is 3.53. The summed E-state index contributed by atoms with van der Waals surface area (Å²) in [6.45, 7) is 2.94. The van der Waals surface area contributed by atoms with Crippen molar-refractivity contribution in [3.8, 4) is 11.1 Å². The minimum Gasteiger partial charge on any atom is -0.395 e. The van der Waals surface area contributed by atoms with Crippen molar-refractivity contribution in [1.29, 1.82) is 0 Å². The molecular formula is C23H25FN4O3S2. The highest BCUT2D eigenvalue weighted by Gasteiger charge is 2.52. The third-order valence-electron chi connectivity index (χ3n) is 6.56. The van der Waals surface area contributed by atoms with Crippen LogP contribution in [0.25, 0.3) is 11.1 Å². The van der Waals surface area contributed by atoms with Gasteiger partial charge in [-0.25, -0.2) is 12.8 Å². The number of sulfone groups is 1. The van der Waals surface area contributed by atoms with E-state index < -0.39 is 15.7 Å². The summed E-state index contributed by atoms with van der Waals surface area (Å²) in [5.74, 6) is 1.94. The molecule has 0 spiro atoms. The van der Waals surface area contributed by atoms with Crippen molar-refractivity contribution < 1.29 is 17.9 Å². The monoisotopic (exact) mass is 488 g/mol. The molecule has 0 bridgehead atoms. The molecule has 1 aliphatic carbocycles. The van der Waals surface area contributed by atoms with E-state index in [1.54, 1.807) is 24.0 Å². The van der Waals surface area contributed by atoms with Crippen LogP contribution in [0, 0.1) is 5.82 Å². The molecule has 0 radical (unpaired) electrons. The highest BCUT2D eigenvalue weighted by atomic mass is 32.2. The van der Waals surface area contributed by atoms with Gasteiger partial charge in [0.15, 0.2) is 9.84 Å². The van der Waals surface area contributed by atoms with Crippen molar-refractivity contribution in [1.82, 2.24) is 19.7 Å². The minimum absolute atomic E-state index is 0.0957. The Labute approximate surface area is 196 Å². The first kappa shape index (κ1) is 22.5. The summed E-state index contributed by atoms with van der Waals surface area (Å²) < 4.78 is 39.7. The van der Waals surface area contributed by atoms with Crippen molar-refractivity contribution in [3.05, 3.63) is 59.7 Å². The van der Waals surface area contributed by atoms with Crippen LogP contribution in [-0.2, 0) is 28.2 Å². The molecular weight excluding hydrogens is 463 g/mol. The normalized spacial score (nSPS) is 21.9. The number of benzene rings is 1. The summed E-state index contributed by atoms with van der Waals surface area (Å²) in [5, 5.41) is 18.8. The van der Waals surface area contributed by atoms with Gasteiger partial charge in [0.05, 0.1) is 17.7 Å². The van der Waals surface area contributed by atoms with Gasteiger partial charge < -0.3 is 9.67 Å². The Hall–Kier alpha value is -2.30. The van der Waals surface area contributed by atoms with Gasteiger partial charge in [0.1, 0.15) is 22.4 Å². The smallest absolute Gasteiger partial charge is 0.178 e. The molecule has 3 aromatic rings. The van der Waals surface area contributed by atoms with Gasteiger partial charge in [-0.2, -0.15) is 11.8 Å². The number of hydrogen-bond acceptors (Lipinski definition) is 7. The number of fused-ring (bicyclic) bond motifs is 1. The molecule has 1 N–H and O–H groups in total. The van der Waals surface area contributed by atoms with Crippen LogP contribution in [0.3, 0.4) is 0 Å². The molecule has 2 aliphatic rings. The molecule has 0 unspecified atom stereocenters. The predicted molar refractivity (Wildman–Crippen MR) is 124 cm³/mol. The number of halogens is 1. The van der Waals surface area contributed by atoms with Crippen molar-refractivity contribution in [3.63, 3.8) is 0 Å². The van der Waals surface area contributed by atoms with Crippen LogP contribution in [0.5, 0.6) is 0 Å². The second-order valence-corrected chi connectivity index (χ2v) is 12.8. The topological polar surface area (TPSA) is 98.0 Å². The molecule has 1 aromatic carbocycles. The third-order valence-corrected chi connectivity index (χ3v) is 9.02. The predicted octanol–water partition coefficient (Wildman–Crippen LogP) is 3.00. The zero-order chi connectivity index (χ0) is 23.4. The van der Waals surface area contributed by atoms with Gasteiger partial charge in [0, 0.05) is 41.5 Å². The molecule has 7 nitrogen and oxygen atoms in total. The second kappa shape index (κ2) is 7.89. The summed E-state index contributed by atoms with van der Waals surface area (Å²) >= 11 is 1.76. The van der Waals surface area contributed by atoms with Crippen LogP contribution >= 0.6 is 11.8 Å². The first-order valence-electron chi connectivity index (χ1n) is 10.8. The summed E-state index contributed by atoms with van der Waals surface area (Å²) in [5.41, 5.74) is 1.93. The number of aliphatic hydroxyl groups excluding tert-OH is 1. The van der Waals surface area contributed by atoms with Crippen molar-refractivity contribution >= 4 is 21.6 Å². The maximum absolute atomic E-state index is 14.0. The van der Waals surface area contributed by atoms with E-state index in [9.17, 15) is 17.9 Å². The molecule has 1 aliphatic heterocycles. The summed E-state index contributed by atoms with van der Waals surface area (Å²) in [6.07, 6.45) is 5.22. The van der Waals surface area contributed by atoms with Crippen molar-refractivity contribution in [2.75, 3.05) is 18.6 Å². The lowest BCUT2D eigenvalue weighted by atomic mass is 9.98. The molecule has 1 atom stereocenters. The van der Waals surface area contributed by atoms with Gasteiger partial charge in [-0.15, -0.1) is 10.2 Å². The van der Waals surface area contributed by atoms with Gasteiger partial charge in [0.25, 0.3) is 0 Å². The fraction of sp³-hybridized carbons (Fsp3) is 0.435. The fourth-order valence-electron chi connectivity index (χ4n) is 4.46. The molecule has 33 heavy (non-hydrogen) atoms. The Kier molecular flexibility index (Phi) is 5.37. The minimum atomic E-state index is -3.67. The second-order valence-electron chi connectivity index (χ2n) is 9.16. The van der Waals surface area contributed by atoms with E-state index in [0.29, 0.717) is 12.0 Å². The average molecular weight is 489 g/mol. The summed E-state index contributed by atoms with van der Waals surface area (Å²) in [6, 6.07) is 7.91. The van der Waals surface area contributed by atoms with E-state index in [1.807, 2.05) is 12.1 Å². The molecule has 3 heterocycles. The summed E-state index contributed by atoms with van der Waals surface area (Å²) in [7, 11) is -3.67. The van der Waals surface area contributed by atoms with Crippen LogP contribution in [0.1, 0.15) is 37.1 Å². The Bertz CT molecular complexity index is 1320. The van der Waals surface area contributed by atoms with Crippen LogP contribution in [0.4, 0.5) is 4.39 Å². The molecule has 10 heteroatoms. The van der Waals surface area contributed by atoms with Crippen LogP contribution in [0.15, 0.2) is 41.4 Å². The Morgan fingerprint density at radius 1 is 1.18 bits per heavy atom. The van der Waals surface area contributed by atoms with E-state index >= 15 is 0 Å². The number of aliphatic hydroxyl groups is 1. The molecule has 174 valence electrons. The van der Waals surface area contributed by atoms with E-state index in [0.717, 1.165) is 54.3 Å². The zero-order valence-electron chi connectivity index (χ0n) is 18.5. The van der Waals surface area contributed by atoms with E-state index in [2.05, 4.69) is 21.7 Å². The lowest BCUT2D eigenvalue weighted by Gasteiger charge is -2.23. The number of pyridine rings is 1. The SMILES string of the molecule is C[C@]1(CO)Cc2nnc(C3(c4ccc(-c5ccc(F)c(S(C)(=O)=O)c5)cn4)CC3)n2CCS1. The van der Waals surface area contributed by atoms with Gasteiger partial charge in [0.2, 0.25) is 0 Å². The lowest BCUT2D eigenvalue weighted by molar-refractivity contribution is 0.254. The third kappa shape index (κ3) is 3.98. The molecule has 1 saturated carbocycles. The highest BCUT2D eigenvalue weighted by Crippen LogP contribution is 2.52. The van der Waals surface area contributed by atoms with Crippen molar-refractivity contribution in [2.45, 2.75) is 47.8 Å². The molecule has 0 saturated heterocycles. The largest absolute Gasteiger partial charge is 0.395 e. The maximum atomic E-state index is 14.0. The van der Waals surface area contributed by atoms with E-state index in [1.165, 1.54) is 12.1 Å². The fourth-order valence-corrected chi connectivity index (χ4v) is 6.31. The van der Waals surface area contributed by atoms with Gasteiger partial charge in [-0.05, 0) is 43.5 Å². The first-order valence-corrected chi connectivity index (χ1v) is 13.7. The van der Waals surface area contributed by atoms with Crippen molar-refractivity contribution in [2.24, 2.45) is 0 Å². The molecule has 0 amide bonds. The zero-order valence-corrected chi connectivity index (χ0v) is 20.1. The summed E-state index contributed by atoms with van der Waals surface area (Å²) in [4.78, 5) is 4.39. The van der Waals surface area contributed by atoms with E-state index in [-0.39, 0.29) is 21.7 Å². The standard InChI is InChI=1S/C23H25FN4O3S2/c1-22(14-29)12-20-26-27-21(28(20)9-10-32-22)23(7-8-23)19-6-4-16(13-25-19)15-3-5-17(24)18(11-15)33(2,30)31/h3-6,11,13,29H,7-10,12,14H2,1-2H3/t22-/m1/s1. The van der Waals surface area contributed by atoms with Gasteiger partial charge >= 0.3 is 0 Å². The number of aromatic nitrogens is 4. The Balaban J connectivity index is 1.47. The van der Waals surface area contributed by atoms with Gasteiger partial charge in [-0.1, -0.05) is 12.1 Å². The molecule has 2 aromatic heterocycles. The van der Waals surface area contributed by atoms with Crippen LogP contribution < -0.4 is 0 Å². The Morgan fingerprint density at radius 3 is 2.58 bits per heavy atom. The van der Waals surface area contributed by atoms with Crippen LogP contribution in [-0.4, -0.2) is 56.6 Å². The number of thioether (sulfide) groups is 1. The number of hydrogen-bond donors (Lipinski definition) is 1. The maximum Gasteiger partial charge on any atom is 0.178 e. The highest BCUT2D eigenvalue weighted by molar-refractivity contribution is 8.00. The number of nitrogens with zero attached hydrogens (tertiary/aromatic N) is 4.